The van der Waals surface area contributed by atoms with Crippen molar-refractivity contribution in [2.75, 3.05) is 6.54 Å². The van der Waals surface area contributed by atoms with Crippen LogP contribution in [0.4, 0.5) is 9.59 Å². The fourth-order valence-electron chi connectivity index (χ4n) is 3.10. The molecule has 1 heterocycles. The lowest BCUT2D eigenvalue weighted by molar-refractivity contribution is -0.119. The van der Waals surface area contributed by atoms with E-state index in [2.05, 4.69) is 20.6 Å². The van der Waals surface area contributed by atoms with Crippen LogP contribution in [-0.4, -0.2) is 51.4 Å². The Bertz CT molecular complexity index is 860. The zero-order valence-electron chi connectivity index (χ0n) is 19.4. The van der Waals surface area contributed by atoms with Gasteiger partial charge in [0.1, 0.15) is 17.5 Å². The molecular weight excluding hydrogens is 402 g/mol. The number of hydrogen-bond donors (Lipinski definition) is 2. The molecule has 0 fully saturated rings. The molecule has 0 radical (unpaired) electrons. The number of alkyl carbamates (subject to hydrolysis) is 1. The topological polar surface area (TPSA) is 124 Å². The summed E-state index contributed by atoms with van der Waals surface area (Å²) in [6.45, 7) is 12.4. The first kappa shape index (κ1) is 24.4. The highest BCUT2D eigenvalue weighted by atomic mass is 16.6. The van der Waals surface area contributed by atoms with E-state index in [9.17, 15) is 14.4 Å². The number of carbonyl (C=O) groups excluding carboxylic acids is 3. The van der Waals surface area contributed by atoms with Crippen LogP contribution in [0.15, 0.2) is 11.3 Å². The second kappa shape index (κ2) is 9.49. The number of amides is 3. The molecule has 1 aliphatic carbocycles. The number of rotatable bonds is 2. The molecule has 0 bridgehead atoms. The second-order valence-corrected chi connectivity index (χ2v) is 9.60. The average molecular weight is 436 g/mol. The first-order valence-corrected chi connectivity index (χ1v) is 10.3. The smallest absolute Gasteiger partial charge is 0.437 e. The average Bonchev–Trinajstić information content (AvgIpc) is 2.99. The van der Waals surface area contributed by atoms with Crippen LogP contribution in [0.25, 0.3) is 0 Å². The molecule has 0 saturated carbocycles. The third-order valence-corrected chi connectivity index (χ3v) is 4.30. The van der Waals surface area contributed by atoms with Gasteiger partial charge in [0, 0.05) is 19.2 Å². The Kier molecular flexibility index (Phi) is 7.45. The molecule has 10 heteroatoms. The summed E-state index contributed by atoms with van der Waals surface area (Å²) < 4.78 is 12.2. The van der Waals surface area contributed by atoms with Crippen molar-refractivity contribution in [2.24, 2.45) is 10.9 Å². The summed E-state index contributed by atoms with van der Waals surface area (Å²) in [6, 6.07) is 0. The molecule has 1 aliphatic rings. The predicted molar refractivity (Wildman–Crippen MR) is 115 cm³/mol. The summed E-state index contributed by atoms with van der Waals surface area (Å²) >= 11 is 0. The molecule has 172 valence electrons. The van der Waals surface area contributed by atoms with Gasteiger partial charge >= 0.3 is 12.2 Å². The Balaban J connectivity index is 2.32. The maximum absolute atomic E-state index is 12.4. The number of aliphatic imine (C=N–C) groups is 1. The molecule has 1 aromatic rings. The lowest BCUT2D eigenvalue weighted by atomic mass is 9.89. The van der Waals surface area contributed by atoms with Crippen LogP contribution in [0.1, 0.15) is 66.3 Å². The quantitative estimate of drug-likeness (QED) is 0.544. The zero-order valence-corrected chi connectivity index (χ0v) is 19.4. The normalized spacial score (nSPS) is 16.9. The van der Waals surface area contributed by atoms with Crippen LogP contribution < -0.4 is 10.6 Å². The van der Waals surface area contributed by atoms with Gasteiger partial charge in [-0.3, -0.25) is 14.7 Å². The molecule has 1 atom stereocenters. The fraction of sp³-hybridized carbons (Fsp3) is 0.667. The van der Waals surface area contributed by atoms with Gasteiger partial charge in [-0.05, 0) is 66.7 Å². The molecule has 0 spiro atoms. The Morgan fingerprint density at radius 2 is 1.81 bits per heavy atom. The van der Waals surface area contributed by atoms with Crippen molar-refractivity contribution in [3.05, 3.63) is 17.7 Å². The van der Waals surface area contributed by atoms with Crippen molar-refractivity contribution in [1.82, 2.24) is 20.2 Å². The van der Waals surface area contributed by atoms with Gasteiger partial charge in [0.25, 0.3) is 0 Å². The first-order chi connectivity index (χ1) is 14.2. The number of aryl methyl sites for hydroxylation is 1. The summed E-state index contributed by atoms with van der Waals surface area (Å²) in [5.74, 6) is 0.0756. The van der Waals surface area contributed by atoms with Crippen LogP contribution in [0.3, 0.4) is 0 Å². The van der Waals surface area contributed by atoms with Crippen molar-refractivity contribution in [2.45, 2.75) is 78.9 Å². The number of ether oxygens (including phenoxy) is 2. The van der Waals surface area contributed by atoms with Gasteiger partial charge in [0.05, 0.1) is 5.69 Å². The van der Waals surface area contributed by atoms with E-state index in [1.807, 2.05) is 0 Å². The maximum atomic E-state index is 12.4. The van der Waals surface area contributed by atoms with Crippen molar-refractivity contribution in [1.29, 1.82) is 0 Å². The van der Waals surface area contributed by atoms with Gasteiger partial charge in [0.15, 0.2) is 0 Å². The number of aromatic nitrogens is 2. The monoisotopic (exact) mass is 435 g/mol. The van der Waals surface area contributed by atoms with E-state index in [0.29, 0.717) is 13.0 Å². The lowest BCUT2D eigenvalue weighted by Gasteiger charge is -2.24. The molecule has 0 saturated heterocycles. The summed E-state index contributed by atoms with van der Waals surface area (Å²) in [5, 5.41) is 5.39. The highest BCUT2D eigenvalue weighted by Gasteiger charge is 2.27. The summed E-state index contributed by atoms with van der Waals surface area (Å²) in [5.41, 5.74) is 0.218. The number of nitrogens with zero attached hydrogens (tertiary/aromatic N) is 3. The molecule has 2 rings (SSSR count). The van der Waals surface area contributed by atoms with Crippen molar-refractivity contribution in [3.8, 4) is 0 Å². The lowest BCUT2D eigenvalue weighted by Crippen LogP contribution is -2.41. The third kappa shape index (κ3) is 8.03. The van der Waals surface area contributed by atoms with E-state index < -0.39 is 23.4 Å². The molecule has 10 nitrogen and oxygen atoms in total. The minimum absolute atomic E-state index is 0.0440. The zero-order chi connectivity index (χ0) is 23.4. The molecule has 1 unspecified atom stereocenters. The number of fused-ring (bicyclic) bond motifs is 1. The van der Waals surface area contributed by atoms with Crippen LogP contribution in [0.5, 0.6) is 0 Å². The molecule has 3 amide bonds. The first-order valence-electron chi connectivity index (χ1n) is 10.3. The summed E-state index contributed by atoms with van der Waals surface area (Å²) in [7, 11) is 0. The van der Waals surface area contributed by atoms with E-state index in [-0.39, 0.29) is 17.8 Å². The number of nitrogens with one attached hydrogen (secondary N) is 2. The van der Waals surface area contributed by atoms with E-state index >= 15 is 0 Å². The molecule has 1 aromatic heterocycles. The predicted octanol–water partition coefficient (Wildman–Crippen LogP) is 2.79. The number of hydrogen-bond acceptors (Lipinski definition) is 6. The number of carbonyl (C=O) groups is 3. The highest BCUT2D eigenvalue weighted by Crippen LogP contribution is 2.24. The molecule has 0 aromatic carbocycles. The van der Waals surface area contributed by atoms with Gasteiger partial charge < -0.3 is 14.8 Å². The Morgan fingerprint density at radius 1 is 1.16 bits per heavy atom. The van der Waals surface area contributed by atoms with Gasteiger partial charge in [0.2, 0.25) is 11.9 Å². The van der Waals surface area contributed by atoms with Crippen molar-refractivity contribution in [3.63, 3.8) is 0 Å². The van der Waals surface area contributed by atoms with Crippen LogP contribution in [0.2, 0.25) is 0 Å². The molecule has 31 heavy (non-hydrogen) atoms. The third-order valence-electron chi connectivity index (χ3n) is 4.30. The van der Waals surface area contributed by atoms with E-state index in [1.165, 1.54) is 13.3 Å². The molecule has 2 N–H and O–H groups in total. The Morgan fingerprint density at radius 3 is 2.39 bits per heavy atom. The number of imidazole rings is 1. The fourth-order valence-corrected chi connectivity index (χ4v) is 3.10. The minimum atomic E-state index is -0.841. The second-order valence-electron chi connectivity index (χ2n) is 9.60. The van der Waals surface area contributed by atoms with E-state index in [4.69, 9.17) is 9.47 Å². The van der Waals surface area contributed by atoms with Crippen molar-refractivity contribution >= 4 is 24.1 Å². The van der Waals surface area contributed by atoms with E-state index in [0.717, 1.165) is 24.2 Å². The van der Waals surface area contributed by atoms with Gasteiger partial charge in [-0.15, -0.1) is 4.99 Å². The standard InChI is InChI=1S/C21H33N5O5/c1-13(27)22-11-14-8-9-15-16(10-14)26(12-23-15)17(24-18(28)30-20(2,3)4)25-19(29)31-21(5,6)7/h12,14H,8-11H2,1-7H3,(H,22,27)(H,24,25,28,29). The van der Waals surface area contributed by atoms with Crippen molar-refractivity contribution < 1.29 is 23.9 Å². The van der Waals surface area contributed by atoms with Crippen LogP contribution in [0, 0.1) is 5.92 Å². The summed E-state index contributed by atoms with van der Waals surface area (Å²) in [4.78, 5) is 44.4. The van der Waals surface area contributed by atoms with Crippen LogP contribution in [-0.2, 0) is 27.1 Å². The van der Waals surface area contributed by atoms with E-state index in [1.54, 1.807) is 46.1 Å². The highest BCUT2D eigenvalue weighted by molar-refractivity contribution is 6.00. The van der Waals surface area contributed by atoms with Crippen LogP contribution >= 0.6 is 0 Å². The SMILES string of the molecule is CC(=O)NCC1CCc2ncn(C(=NC(=O)OC(C)(C)C)NC(=O)OC(C)(C)C)c2C1. The minimum Gasteiger partial charge on any atom is -0.444 e. The largest absolute Gasteiger partial charge is 0.444 e. The molecule has 0 aliphatic heterocycles. The Hall–Kier alpha value is -2.91. The Labute approximate surface area is 182 Å². The van der Waals surface area contributed by atoms with Gasteiger partial charge in [-0.1, -0.05) is 0 Å². The summed E-state index contributed by atoms with van der Waals surface area (Å²) in [6.07, 6.45) is 2.14. The van der Waals surface area contributed by atoms with Gasteiger partial charge in [-0.25, -0.2) is 14.6 Å². The van der Waals surface area contributed by atoms with Gasteiger partial charge in [-0.2, -0.15) is 0 Å². The maximum Gasteiger partial charge on any atom is 0.437 e. The molecular formula is C21H33N5O5.